The number of anilines is 1. The zero-order valence-corrected chi connectivity index (χ0v) is 7.57. The van der Waals surface area contributed by atoms with Gasteiger partial charge in [0.1, 0.15) is 0 Å². The van der Waals surface area contributed by atoms with Crippen LogP contribution in [0.4, 0.5) is 5.95 Å². The normalized spacial score (nSPS) is 10.9. The highest BCUT2D eigenvalue weighted by molar-refractivity contribution is 5.51. The molecule has 1 heterocycles. The van der Waals surface area contributed by atoms with E-state index < -0.39 is 0 Å². The van der Waals surface area contributed by atoms with Gasteiger partial charge in [-0.1, -0.05) is 12.2 Å². The minimum atomic E-state index is 0.158. The predicted octanol–water partition coefficient (Wildman–Crippen LogP) is 0.763. The van der Waals surface area contributed by atoms with E-state index in [0.717, 1.165) is 11.3 Å². The molecule has 0 radical (unpaired) electrons. The van der Waals surface area contributed by atoms with E-state index >= 15 is 0 Å². The van der Waals surface area contributed by atoms with Gasteiger partial charge in [0.25, 0.3) is 0 Å². The average Bonchev–Trinajstić information content (AvgIpc) is 2.09. The number of rotatable bonds is 3. The maximum atomic E-state index is 8.56. The van der Waals surface area contributed by atoms with E-state index in [2.05, 4.69) is 9.97 Å². The monoisotopic (exact) mass is 179 g/mol. The third-order valence-electron chi connectivity index (χ3n) is 1.63. The predicted molar refractivity (Wildman–Crippen MR) is 51.9 cm³/mol. The van der Waals surface area contributed by atoms with Crippen molar-refractivity contribution < 1.29 is 5.11 Å². The number of hydrogen-bond acceptors (Lipinski definition) is 4. The van der Waals surface area contributed by atoms with Crippen molar-refractivity contribution in [2.75, 3.05) is 12.3 Å². The Morgan fingerprint density at radius 2 is 2.38 bits per heavy atom. The second kappa shape index (κ2) is 4.57. The molecule has 70 valence electrons. The fourth-order valence-electron chi connectivity index (χ4n) is 0.943. The third kappa shape index (κ3) is 2.83. The molecule has 1 rings (SSSR count). The van der Waals surface area contributed by atoms with E-state index in [1.54, 1.807) is 6.20 Å². The van der Waals surface area contributed by atoms with Crippen molar-refractivity contribution in [2.24, 2.45) is 0 Å². The Kier molecular flexibility index (Phi) is 3.40. The van der Waals surface area contributed by atoms with Gasteiger partial charge >= 0.3 is 0 Å². The number of nitrogen functional groups attached to an aromatic ring is 1. The van der Waals surface area contributed by atoms with Crippen LogP contribution >= 0.6 is 0 Å². The third-order valence-corrected chi connectivity index (χ3v) is 1.63. The SMILES string of the molecule is Cc1nc(N)ncc1C=CCCO. The molecule has 0 aromatic carbocycles. The zero-order chi connectivity index (χ0) is 9.68. The molecule has 4 nitrogen and oxygen atoms in total. The second-order valence-electron chi connectivity index (χ2n) is 2.68. The number of nitrogens with zero attached hydrogens (tertiary/aromatic N) is 2. The van der Waals surface area contributed by atoms with Crippen molar-refractivity contribution in [3.05, 3.63) is 23.5 Å². The van der Waals surface area contributed by atoms with Crippen LogP contribution in [-0.2, 0) is 0 Å². The molecule has 1 aromatic heterocycles. The average molecular weight is 179 g/mol. The Morgan fingerprint density at radius 1 is 1.62 bits per heavy atom. The molecule has 0 unspecified atom stereocenters. The van der Waals surface area contributed by atoms with Gasteiger partial charge < -0.3 is 10.8 Å². The van der Waals surface area contributed by atoms with Crippen LogP contribution < -0.4 is 5.73 Å². The molecular formula is C9H13N3O. The van der Waals surface area contributed by atoms with Crippen molar-refractivity contribution in [3.63, 3.8) is 0 Å². The van der Waals surface area contributed by atoms with Gasteiger partial charge in [0, 0.05) is 18.4 Å². The maximum absolute atomic E-state index is 8.56. The summed E-state index contributed by atoms with van der Waals surface area (Å²) < 4.78 is 0. The summed E-state index contributed by atoms with van der Waals surface area (Å²) in [7, 11) is 0. The van der Waals surface area contributed by atoms with Crippen molar-refractivity contribution in [1.29, 1.82) is 0 Å². The summed E-state index contributed by atoms with van der Waals surface area (Å²) in [6.45, 7) is 2.03. The lowest BCUT2D eigenvalue weighted by atomic mass is 10.2. The zero-order valence-electron chi connectivity index (χ0n) is 7.57. The highest BCUT2D eigenvalue weighted by atomic mass is 16.2. The van der Waals surface area contributed by atoms with Crippen LogP contribution in [0.25, 0.3) is 6.08 Å². The topological polar surface area (TPSA) is 72.0 Å². The fraction of sp³-hybridized carbons (Fsp3) is 0.333. The summed E-state index contributed by atoms with van der Waals surface area (Å²) in [6, 6.07) is 0. The molecule has 1 aromatic rings. The minimum absolute atomic E-state index is 0.158. The Hall–Kier alpha value is -1.42. The first kappa shape index (κ1) is 9.67. The first-order valence-corrected chi connectivity index (χ1v) is 4.10. The summed E-state index contributed by atoms with van der Waals surface area (Å²) in [5.41, 5.74) is 7.18. The molecule has 3 N–H and O–H groups in total. The molecule has 0 aliphatic carbocycles. The van der Waals surface area contributed by atoms with Crippen LogP contribution in [0.15, 0.2) is 12.3 Å². The van der Waals surface area contributed by atoms with Gasteiger partial charge in [-0.05, 0) is 13.3 Å². The Labute approximate surface area is 77.1 Å². The maximum Gasteiger partial charge on any atom is 0.220 e. The first-order valence-electron chi connectivity index (χ1n) is 4.10. The lowest BCUT2D eigenvalue weighted by molar-refractivity contribution is 0.303. The fourth-order valence-corrected chi connectivity index (χ4v) is 0.943. The quantitative estimate of drug-likeness (QED) is 0.718. The molecular weight excluding hydrogens is 166 g/mol. The molecule has 0 saturated heterocycles. The van der Waals surface area contributed by atoms with E-state index in [-0.39, 0.29) is 12.6 Å². The molecule has 0 saturated carbocycles. The highest BCUT2D eigenvalue weighted by Gasteiger charge is 1.96. The summed E-state index contributed by atoms with van der Waals surface area (Å²) in [6.07, 6.45) is 6.07. The molecule has 0 aliphatic heterocycles. The van der Waals surface area contributed by atoms with Crippen LogP contribution in [0, 0.1) is 6.92 Å². The lowest BCUT2D eigenvalue weighted by Crippen LogP contribution is -1.97. The standard InChI is InChI=1S/C9H13N3O/c1-7-8(4-2-3-5-13)6-11-9(10)12-7/h2,4,6,13H,3,5H2,1H3,(H2,10,11,12). The number of nitrogens with two attached hydrogens (primary N) is 1. The van der Waals surface area contributed by atoms with Gasteiger partial charge in [-0.3, -0.25) is 0 Å². The van der Waals surface area contributed by atoms with E-state index in [1.807, 2.05) is 19.1 Å². The van der Waals surface area contributed by atoms with Gasteiger partial charge in [-0.2, -0.15) is 0 Å². The molecule has 0 fully saturated rings. The van der Waals surface area contributed by atoms with E-state index in [4.69, 9.17) is 10.8 Å². The molecule has 0 spiro atoms. The van der Waals surface area contributed by atoms with Crippen molar-refractivity contribution in [1.82, 2.24) is 9.97 Å². The van der Waals surface area contributed by atoms with Gasteiger partial charge in [-0.25, -0.2) is 9.97 Å². The van der Waals surface area contributed by atoms with Gasteiger partial charge in [0.2, 0.25) is 5.95 Å². The van der Waals surface area contributed by atoms with Crippen molar-refractivity contribution >= 4 is 12.0 Å². The number of aliphatic hydroxyl groups is 1. The molecule has 0 atom stereocenters. The van der Waals surface area contributed by atoms with E-state index in [1.165, 1.54) is 0 Å². The van der Waals surface area contributed by atoms with Crippen molar-refractivity contribution in [2.45, 2.75) is 13.3 Å². The molecule has 0 aliphatic rings. The van der Waals surface area contributed by atoms with Gasteiger partial charge in [0.05, 0.1) is 5.69 Å². The summed E-state index contributed by atoms with van der Waals surface area (Å²) in [4.78, 5) is 7.88. The van der Waals surface area contributed by atoms with Crippen LogP contribution in [0.3, 0.4) is 0 Å². The van der Waals surface area contributed by atoms with Crippen LogP contribution in [0.5, 0.6) is 0 Å². The number of aromatic nitrogens is 2. The van der Waals surface area contributed by atoms with Gasteiger partial charge in [0.15, 0.2) is 0 Å². The van der Waals surface area contributed by atoms with Gasteiger partial charge in [-0.15, -0.1) is 0 Å². The highest BCUT2D eigenvalue weighted by Crippen LogP contribution is 2.07. The van der Waals surface area contributed by atoms with Crippen LogP contribution in [-0.4, -0.2) is 21.7 Å². The Balaban J connectivity index is 2.77. The number of hydrogen-bond donors (Lipinski definition) is 2. The molecule has 0 amide bonds. The molecule has 0 bridgehead atoms. The van der Waals surface area contributed by atoms with E-state index in [9.17, 15) is 0 Å². The van der Waals surface area contributed by atoms with Crippen LogP contribution in [0.2, 0.25) is 0 Å². The van der Waals surface area contributed by atoms with E-state index in [0.29, 0.717) is 6.42 Å². The minimum Gasteiger partial charge on any atom is -0.396 e. The molecule has 13 heavy (non-hydrogen) atoms. The largest absolute Gasteiger partial charge is 0.396 e. The summed E-state index contributed by atoms with van der Waals surface area (Å²) in [5.74, 6) is 0.289. The Bertz CT molecular complexity index is 310. The lowest BCUT2D eigenvalue weighted by Gasteiger charge is -1.98. The van der Waals surface area contributed by atoms with Crippen molar-refractivity contribution in [3.8, 4) is 0 Å². The second-order valence-corrected chi connectivity index (χ2v) is 2.68. The number of aryl methyl sites for hydroxylation is 1. The van der Waals surface area contributed by atoms with Crippen LogP contribution in [0.1, 0.15) is 17.7 Å². The summed E-state index contributed by atoms with van der Waals surface area (Å²) >= 11 is 0. The summed E-state index contributed by atoms with van der Waals surface area (Å²) in [5, 5.41) is 8.56. The molecule has 4 heteroatoms. The first-order chi connectivity index (χ1) is 6.24. The smallest absolute Gasteiger partial charge is 0.220 e. The Morgan fingerprint density at radius 3 is 3.00 bits per heavy atom. The number of aliphatic hydroxyl groups excluding tert-OH is 1.